The van der Waals surface area contributed by atoms with Gasteiger partial charge in [0, 0.05) is 5.54 Å². The number of nitrogens with zero attached hydrogens (tertiary/aromatic N) is 3. The molecule has 8 heteroatoms. The molecule has 6 nitrogen and oxygen atoms in total. The Kier molecular flexibility index (Phi) is 4.10. The summed E-state index contributed by atoms with van der Waals surface area (Å²) in [4.78, 5) is 10.7. The minimum Gasteiger partial charge on any atom is -0.481 e. The zero-order valence-electron chi connectivity index (χ0n) is 11.3. The number of furan rings is 1. The summed E-state index contributed by atoms with van der Waals surface area (Å²) in [5.74, 6) is -0.418. The average Bonchev–Trinajstić information content (AvgIpc) is 2.90. The number of thioether (sulfide) groups is 1. The zero-order valence-corrected chi connectivity index (χ0v) is 12.8. The van der Waals surface area contributed by atoms with Gasteiger partial charge in [-0.25, -0.2) is 0 Å². The van der Waals surface area contributed by atoms with Crippen LogP contribution < -0.4 is 0 Å². The number of hydrogen-bond acceptors (Lipinski definition) is 5. The van der Waals surface area contributed by atoms with Crippen LogP contribution in [-0.2, 0) is 10.3 Å². The molecule has 0 bridgehead atoms. The van der Waals surface area contributed by atoms with E-state index < -0.39 is 5.97 Å². The molecule has 2 aromatic rings. The molecule has 2 aromatic heterocycles. The molecule has 2 rings (SSSR count). The number of aromatic nitrogens is 3. The average molecular weight is 316 g/mol. The first-order valence-electron chi connectivity index (χ1n) is 5.84. The van der Waals surface area contributed by atoms with Crippen molar-refractivity contribution in [3.8, 4) is 11.4 Å². The van der Waals surface area contributed by atoms with Crippen molar-refractivity contribution in [3.63, 3.8) is 0 Å². The van der Waals surface area contributed by atoms with Crippen LogP contribution in [0.3, 0.4) is 0 Å². The summed E-state index contributed by atoms with van der Waals surface area (Å²) >= 11 is 7.11. The number of hydrogen-bond donors (Lipinski definition) is 1. The predicted octanol–water partition coefficient (Wildman–Crippen LogP) is 3.12. The Hall–Kier alpha value is -1.47. The van der Waals surface area contributed by atoms with E-state index in [0.717, 1.165) is 11.8 Å². The largest absolute Gasteiger partial charge is 0.481 e. The zero-order chi connectivity index (χ0) is 14.9. The Bertz CT molecular complexity index is 630. The molecule has 1 N–H and O–H groups in total. The van der Waals surface area contributed by atoms with Crippen molar-refractivity contribution in [2.24, 2.45) is 0 Å². The molecule has 20 heavy (non-hydrogen) atoms. The summed E-state index contributed by atoms with van der Waals surface area (Å²) in [5.41, 5.74) is 0.316. The van der Waals surface area contributed by atoms with Crippen LogP contribution in [0.4, 0.5) is 0 Å². The Labute approximate surface area is 125 Å². The Morgan fingerprint density at radius 2 is 2.20 bits per heavy atom. The highest BCUT2D eigenvalue weighted by atomic mass is 35.5. The summed E-state index contributed by atoms with van der Waals surface area (Å²) in [6, 6.07) is 1.71. The maximum atomic E-state index is 10.7. The van der Waals surface area contributed by atoms with Gasteiger partial charge in [0.1, 0.15) is 0 Å². The van der Waals surface area contributed by atoms with Gasteiger partial charge >= 0.3 is 5.97 Å². The first-order valence-corrected chi connectivity index (χ1v) is 7.21. The van der Waals surface area contributed by atoms with E-state index in [0.29, 0.717) is 16.5 Å². The van der Waals surface area contributed by atoms with E-state index in [1.54, 1.807) is 6.07 Å². The lowest BCUT2D eigenvalue weighted by molar-refractivity contribution is -0.133. The van der Waals surface area contributed by atoms with Crippen molar-refractivity contribution in [1.29, 1.82) is 0 Å². The maximum Gasteiger partial charge on any atom is 0.313 e. The van der Waals surface area contributed by atoms with Crippen LogP contribution in [-0.4, -0.2) is 31.6 Å². The van der Waals surface area contributed by atoms with Gasteiger partial charge in [-0.15, -0.1) is 10.2 Å². The maximum absolute atomic E-state index is 10.7. The summed E-state index contributed by atoms with van der Waals surface area (Å²) in [6.45, 7) is 5.95. The van der Waals surface area contributed by atoms with Crippen molar-refractivity contribution in [3.05, 3.63) is 17.5 Å². The smallest absolute Gasteiger partial charge is 0.313 e. The van der Waals surface area contributed by atoms with E-state index in [2.05, 4.69) is 10.2 Å². The second-order valence-electron chi connectivity index (χ2n) is 5.10. The lowest BCUT2D eigenvalue weighted by atomic mass is 10.1. The second-order valence-corrected chi connectivity index (χ2v) is 6.39. The van der Waals surface area contributed by atoms with E-state index in [1.807, 2.05) is 25.3 Å². The summed E-state index contributed by atoms with van der Waals surface area (Å²) in [5, 5.41) is 17.7. The van der Waals surface area contributed by atoms with Gasteiger partial charge in [0.25, 0.3) is 0 Å². The highest BCUT2D eigenvalue weighted by Gasteiger charge is 2.26. The lowest BCUT2D eigenvalue weighted by Gasteiger charge is -2.24. The standard InChI is InChI=1S/C12H14ClN3O3S/c1-12(2,3)16-10(7-4-5-19-9(7)13)14-15-11(16)20-6-8(17)18/h4-5H,6H2,1-3H3,(H,17,18). The van der Waals surface area contributed by atoms with Crippen molar-refractivity contribution < 1.29 is 14.3 Å². The molecule has 0 amide bonds. The molecule has 0 spiro atoms. The number of halogens is 1. The van der Waals surface area contributed by atoms with Gasteiger partial charge in [-0.3, -0.25) is 9.36 Å². The molecule has 0 saturated heterocycles. The minimum absolute atomic E-state index is 0.0761. The summed E-state index contributed by atoms with van der Waals surface area (Å²) in [7, 11) is 0. The Morgan fingerprint density at radius 1 is 1.50 bits per heavy atom. The van der Waals surface area contributed by atoms with Crippen LogP contribution in [0.2, 0.25) is 5.22 Å². The fourth-order valence-electron chi connectivity index (χ4n) is 1.72. The van der Waals surface area contributed by atoms with Crippen LogP contribution in [0, 0.1) is 0 Å². The highest BCUT2D eigenvalue weighted by Crippen LogP contribution is 2.34. The van der Waals surface area contributed by atoms with Gasteiger partial charge in [0.05, 0.1) is 17.6 Å². The molecule has 0 aliphatic rings. The SMILES string of the molecule is CC(C)(C)n1c(SCC(=O)O)nnc1-c1ccoc1Cl. The van der Waals surface area contributed by atoms with Crippen LogP contribution >= 0.6 is 23.4 Å². The Morgan fingerprint density at radius 3 is 2.70 bits per heavy atom. The number of carbonyl (C=O) groups is 1. The van der Waals surface area contributed by atoms with E-state index in [4.69, 9.17) is 21.1 Å². The van der Waals surface area contributed by atoms with Gasteiger partial charge in [0.2, 0.25) is 5.22 Å². The molecule has 0 atom stereocenters. The van der Waals surface area contributed by atoms with Crippen LogP contribution in [0.1, 0.15) is 20.8 Å². The summed E-state index contributed by atoms with van der Waals surface area (Å²) in [6.07, 6.45) is 1.48. The molecule has 0 unspecified atom stereocenters. The van der Waals surface area contributed by atoms with Crippen LogP contribution in [0.15, 0.2) is 21.9 Å². The fourth-order valence-corrected chi connectivity index (χ4v) is 2.76. The van der Waals surface area contributed by atoms with E-state index in [1.165, 1.54) is 6.26 Å². The monoisotopic (exact) mass is 315 g/mol. The number of aliphatic carboxylic acids is 1. The molecule has 0 aromatic carbocycles. The molecule has 0 saturated carbocycles. The van der Waals surface area contributed by atoms with Gasteiger partial charge in [0.15, 0.2) is 11.0 Å². The number of carboxylic acid groups (broad SMARTS) is 1. The highest BCUT2D eigenvalue weighted by molar-refractivity contribution is 7.99. The number of rotatable bonds is 4. The molecule has 0 radical (unpaired) electrons. The Balaban J connectivity index is 2.49. The molecular weight excluding hydrogens is 302 g/mol. The lowest BCUT2D eigenvalue weighted by Crippen LogP contribution is -2.24. The first-order chi connectivity index (χ1) is 9.30. The fraction of sp³-hybridized carbons (Fsp3) is 0.417. The van der Waals surface area contributed by atoms with Crippen LogP contribution in [0.5, 0.6) is 0 Å². The third kappa shape index (κ3) is 2.99. The second kappa shape index (κ2) is 5.49. The van der Waals surface area contributed by atoms with Crippen molar-refractivity contribution >= 4 is 29.3 Å². The normalized spacial score (nSPS) is 11.8. The van der Waals surface area contributed by atoms with E-state index >= 15 is 0 Å². The van der Waals surface area contributed by atoms with Crippen molar-refractivity contribution in [1.82, 2.24) is 14.8 Å². The molecule has 0 fully saturated rings. The molecule has 0 aliphatic carbocycles. The third-order valence-corrected chi connectivity index (χ3v) is 3.69. The van der Waals surface area contributed by atoms with E-state index in [-0.39, 0.29) is 16.5 Å². The van der Waals surface area contributed by atoms with Gasteiger partial charge in [-0.2, -0.15) is 0 Å². The molecule has 2 heterocycles. The van der Waals surface area contributed by atoms with Crippen LogP contribution in [0.25, 0.3) is 11.4 Å². The van der Waals surface area contributed by atoms with Gasteiger partial charge in [-0.1, -0.05) is 11.8 Å². The summed E-state index contributed by atoms with van der Waals surface area (Å²) < 4.78 is 6.94. The third-order valence-electron chi connectivity index (χ3n) is 2.49. The molecular formula is C12H14ClN3O3S. The van der Waals surface area contributed by atoms with Gasteiger partial charge < -0.3 is 9.52 Å². The van der Waals surface area contributed by atoms with Gasteiger partial charge in [-0.05, 0) is 38.4 Å². The quantitative estimate of drug-likeness (QED) is 0.873. The topological polar surface area (TPSA) is 81.2 Å². The minimum atomic E-state index is -0.902. The molecule has 108 valence electrons. The van der Waals surface area contributed by atoms with Crippen molar-refractivity contribution in [2.45, 2.75) is 31.5 Å². The van der Waals surface area contributed by atoms with E-state index in [9.17, 15) is 4.79 Å². The number of carboxylic acids is 1. The molecule has 0 aliphatic heterocycles. The predicted molar refractivity (Wildman–Crippen MR) is 76.1 cm³/mol. The van der Waals surface area contributed by atoms with Crippen molar-refractivity contribution in [2.75, 3.05) is 5.75 Å². The first kappa shape index (κ1) is 14.9.